The maximum atomic E-state index is 11.7. The topological polar surface area (TPSA) is 55.6 Å². The number of carbonyl (C=O) groups excluding carboxylic acids is 1. The number of hydrogen-bond donors (Lipinski definition) is 1. The molecule has 0 atom stereocenters. The molecule has 0 radical (unpaired) electrons. The van der Waals surface area contributed by atoms with Crippen molar-refractivity contribution in [3.63, 3.8) is 0 Å². The second-order valence-corrected chi connectivity index (χ2v) is 4.06. The molecular weight excluding hydrogens is 212 g/mol. The van der Waals surface area contributed by atoms with Crippen LogP contribution in [0.25, 0.3) is 0 Å². The second-order valence-electron chi connectivity index (χ2n) is 3.53. The van der Waals surface area contributed by atoms with E-state index in [4.69, 9.17) is 22.7 Å². The molecule has 1 amide bonds. The van der Waals surface area contributed by atoms with Gasteiger partial charge in [-0.15, -0.1) is 0 Å². The van der Waals surface area contributed by atoms with Crippen molar-refractivity contribution in [3.05, 3.63) is 0 Å². The molecule has 0 saturated carbocycles. The Hall–Kier alpha value is -0.680. The molecular formula is C10H20N2O2S. The fourth-order valence-electron chi connectivity index (χ4n) is 1.17. The number of nitrogens with zero attached hydrogens (tertiary/aromatic N) is 1. The molecule has 0 bridgehead atoms. The Balaban J connectivity index is 4.13. The number of thiocarbonyl (C=S) groups is 1. The second kappa shape index (κ2) is 7.59. The molecule has 0 spiro atoms. The van der Waals surface area contributed by atoms with E-state index >= 15 is 0 Å². The normalized spacial score (nSPS) is 10.4. The molecule has 0 aromatic carbocycles. The van der Waals surface area contributed by atoms with E-state index in [1.54, 1.807) is 4.90 Å². The summed E-state index contributed by atoms with van der Waals surface area (Å²) in [4.78, 5) is 13.8. The molecule has 0 aliphatic heterocycles. The molecule has 0 saturated heterocycles. The molecule has 0 aromatic rings. The lowest BCUT2D eigenvalue weighted by molar-refractivity contribution is -0.137. The minimum atomic E-state index is -0.0110. The van der Waals surface area contributed by atoms with E-state index in [9.17, 15) is 4.79 Å². The Bertz CT molecular complexity index is 219. The van der Waals surface area contributed by atoms with Crippen LogP contribution in [0.2, 0.25) is 0 Å². The number of nitrogens with two attached hydrogens (primary N) is 1. The van der Waals surface area contributed by atoms with Crippen molar-refractivity contribution in [2.45, 2.75) is 33.2 Å². The van der Waals surface area contributed by atoms with Crippen molar-refractivity contribution in [1.82, 2.24) is 4.90 Å². The van der Waals surface area contributed by atoms with Gasteiger partial charge < -0.3 is 15.4 Å². The largest absolute Gasteiger partial charge is 0.393 e. The zero-order valence-corrected chi connectivity index (χ0v) is 10.5. The van der Waals surface area contributed by atoms with Crippen molar-refractivity contribution in [2.24, 2.45) is 5.73 Å². The summed E-state index contributed by atoms with van der Waals surface area (Å²) in [6.07, 6.45) is 0.561. The van der Waals surface area contributed by atoms with Gasteiger partial charge in [0.2, 0.25) is 5.91 Å². The summed E-state index contributed by atoms with van der Waals surface area (Å²) in [7, 11) is 0. The van der Waals surface area contributed by atoms with Crippen molar-refractivity contribution >= 4 is 23.1 Å². The van der Waals surface area contributed by atoms with Crippen LogP contribution < -0.4 is 5.73 Å². The minimum Gasteiger partial charge on any atom is -0.393 e. The summed E-state index contributed by atoms with van der Waals surface area (Å²) in [6.45, 7) is 7.03. The van der Waals surface area contributed by atoms with Gasteiger partial charge in [0.25, 0.3) is 0 Å². The minimum absolute atomic E-state index is 0.0110. The molecule has 0 fully saturated rings. The Morgan fingerprint density at radius 3 is 2.53 bits per heavy atom. The highest BCUT2D eigenvalue weighted by atomic mass is 32.1. The zero-order chi connectivity index (χ0) is 11.8. The third kappa shape index (κ3) is 6.41. The van der Waals surface area contributed by atoms with E-state index in [0.717, 1.165) is 0 Å². The van der Waals surface area contributed by atoms with Gasteiger partial charge in [0.05, 0.1) is 4.99 Å². The van der Waals surface area contributed by atoms with Gasteiger partial charge >= 0.3 is 0 Å². The quantitative estimate of drug-likeness (QED) is 0.664. The predicted octanol–water partition coefficient (Wildman–Crippen LogP) is 0.936. The van der Waals surface area contributed by atoms with Crippen LogP contribution in [0.15, 0.2) is 0 Å². The third-order valence-electron chi connectivity index (χ3n) is 1.97. The van der Waals surface area contributed by atoms with E-state index < -0.39 is 0 Å². The van der Waals surface area contributed by atoms with Crippen LogP contribution in [0.5, 0.6) is 0 Å². The van der Waals surface area contributed by atoms with E-state index in [-0.39, 0.29) is 18.6 Å². The Morgan fingerprint density at radius 2 is 2.13 bits per heavy atom. The average Bonchev–Trinajstić information content (AvgIpc) is 2.13. The predicted molar refractivity (Wildman–Crippen MR) is 64.7 cm³/mol. The van der Waals surface area contributed by atoms with E-state index in [1.807, 2.05) is 20.8 Å². The van der Waals surface area contributed by atoms with Gasteiger partial charge in [-0.2, -0.15) is 0 Å². The molecule has 0 heterocycles. The van der Waals surface area contributed by atoms with Crippen LogP contribution in [0, 0.1) is 0 Å². The monoisotopic (exact) mass is 232 g/mol. The van der Waals surface area contributed by atoms with Gasteiger partial charge in [0.15, 0.2) is 0 Å². The lowest BCUT2D eigenvalue weighted by Gasteiger charge is -2.26. The molecule has 15 heavy (non-hydrogen) atoms. The molecule has 2 N–H and O–H groups in total. The van der Waals surface area contributed by atoms with E-state index in [1.165, 1.54) is 0 Å². The van der Waals surface area contributed by atoms with Crippen molar-refractivity contribution in [3.8, 4) is 0 Å². The van der Waals surface area contributed by atoms with Gasteiger partial charge in [0, 0.05) is 25.6 Å². The van der Waals surface area contributed by atoms with Gasteiger partial charge in [-0.3, -0.25) is 4.79 Å². The van der Waals surface area contributed by atoms with Crippen LogP contribution in [-0.2, 0) is 9.53 Å². The Labute approximate surface area is 96.8 Å². The molecule has 88 valence electrons. The molecule has 0 aliphatic rings. The lowest BCUT2D eigenvalue weighted by Crippen LogP contribution is -2.41. The number of hydrogen-bond acceptors (Lipinski definition) is 3. The first kappa shape index (κ1) is 14.3. The maximum absolute atomic E-state index is 11.7. The summed E-state index contributed by atoms with van der Waals surface area (Å²) < 4.78 is 5.08. The van der Waals surface area contributed by atoms with Crippen molar-refractivity contribution in [1.29, 1.82) is 0 Å². The molecule has 5 heteroatoms. The van der Waals surface area contributed by atoms with Gasteiger partial charge in [-0.1, -0.05) is 12.2 Å². The maximum Gasteiger partial charge on any atom is 0.248 e. The van der Waals surface area contributed by atoms with Crippen LogP contribution in [0.4, 0.5) is 0 Å². The summed E-state index contributed by atoms with van der Waals surface area (Å²) in [5.74, 6) is -0.0110. The van der Waals surface area contributed by atoms with Crippen LogP contribution >= 0.6 is 12.2 Å². The van der Waals surface area contributed by atoms with Gasteiger partial charge in [0.1, 0.15) is 6.61 Å². The fourth-order valence-corrected chi connectivity index (χ4v) is 1.27. The summed E-state index contributed by atoms with van der Waals surface area (Å²) in [5, 5.41) is 0. The molecule has 0 aromatic heterocycles. The number of carbonyl (C=O) groups is 1. The highest BCUT2D eigenvalue weighted by Crippen LogP contribution is 2.01. The smallest absolute Gasteiger partial charge is 0.248 e. The van der Waals surface area contributed by atoms with E-state index in [2.05, 4.69) is 0 Å². The summed E-state index contributed by atoms with van der Waals surface area (Å²) in [6, 6.07) is 0.146. The molecule has 4 nitrogen and oxygen atoms in total. The highest BCUT2D eigenvalue weighted by Gasteiger charge is 2.16. The van der Waals surface area contributed by atoms with Gasteiger partial charge in [-0.25, -0.2) is 0 Å². The number of rotatable bonds is 7. The Morgan fingerprint density at radius 1 is 1.53 bits per heavy atom. The third-order valence-corrected chi connectivity index (χ3v) is 2.18. The lowest BCUT2D eigenvalue weighted by atomic mass is 10.3. The SMILES string of the molecule is CCOCC(=O)N(CCC(N)=S)C(C)C. The molecule has 0 aliphatic carbocycles. The van der Waals surface area contributed by atoms with Crippen LogP contribution in [-0.4, -0.2) is 41.6 Å². The number of amides is 1. The van der Waals surface area contributed by atoms with E-state index in [0.29, 0.717) is 24.6 Å². The fraction of sp³-hybridized carbons (Fsp3) is 0.800. The number of ether oxygens (including phenoxy) is 1. The van der Waals surface area contributed by atoms with Crippen molar-refractivity contribution < 1.29 is 9.53 Å². The molecule has 0 unspecified atom stereocenters. The Kier molecular flexibility index (Phi) is 7.25. The summed E-state index contributed by atoms with van der Waals surface area (Å²) >= 11 is 4.78. The summed E-state index contributed by atoms with van der Waals surface area (Å²) in [5.41, 5.74) is 5.40. The van der Waals surface area contributed by atoms with Crippen LogP contribution in [0.3, 0.4) is 0 Å². The van der Waals surface area contributed by atoms with Gasteiger partial charge in [-0.05, 0) is 20.8 Å². The first-order valence-electron chi connectivity index (χ1n) is 5.14. The first-order valence-corrected chi connectivity index (χ1v) is 5.55. The first-order chi connectivity index (χ1) is 6.99. The van der Waals surface area contributed by atoms with Crippen LogP contribution in [0.1, 0.15) is 27.2 Å². The zero-order valence-electron chi connectivity index (χ0n) is 9.66. The average molecular weight is 232 g/mol. The highest BCUT2D eigenvalue weighted by molar-refractivity contribution is 7.80. The molecule has 0 rings (SSSR count). The van der Waals surface area contributed by atoms with Crippen molar-refractivity contribution in [2.75, 3.05) is 19.8 Å². The standard InChI is InChI=1S/C10H20N2O2S/c1-4-14-7-10(13)12(8(2)3)6-5-9(11)15/h8H,4-7H2,1-3H3,(H2,11,15).